The van der Waals surface area contributed by atoms with Crippen LogP contribution in [0.2, 0.25) is 5.02 Å². The van der Waals surface area contributed by atoms with Crippen LogP contribution in [-0.2, 0) is 9.59 Å². The Labute approximate surface area is 117 Å². The van der Waals surface area contributed by atoms with Crippen molar-refractivity contribution >= 4 is 29.1 Å². The first-order chi connectivity index (χ1) is 8.73. The van der Waals surface area contributed by atoms with Gasteiger partial charge < -0.3 is 15.4 Å². The van der Waals surface area contributed by atoms with Crippen LogP contribution in [0.4, 0.5) is 5.69 Å². The second-order valence-electron chi connectivity index (χ2n) is 5.00. The molecule has 0 aromatic heterocycles. The summed E-state index contributed by atoms with van der Waals surface area (Å²) in [4.78, 5) is 23.4. The number of amides is 2. The number of hydrogen-bond donors (Lipinski definition) is 2. The van der Waals surface area contributed by atoms with Crippen molar-refractivity contribution in [3.63, 3.8) is 0 Å². The Hall–Kier alpha value is -1.75. The summed E-state index contributed by atoms with van der Waals surface area (Å²) in [6.07, 6.45) is 0. The number of ether oxygens (including phenoxy) is 1. The Morgan fingerprint density at radius 1 is 1.21 bits per heavy atom. The van der Waals surface area contributed by atoms with Gasteiger partial charge in [0, 0.05) is 10.6 Å². The number of carbonyl (C=O) groups is 2. The minimum Gasteiger partial charge on any atom is -0.495 e. The van der Waals surface area contributed by atoms with E-state index in [0.717, 1.165) is 0 Å². The van der Waals surface area contributed by atoms with Crippen molar-refractivity contribution < 1.29 is 14.3 Å². The Kier molecular flexibility index (Phi) is 4.78. The largest absolute Gasteiger partial charge is 0.495 e. The van der Waals surface area contributed by atoms with Crippen LogP contribution in [0, 0.1) is 0 Å². The van der Waals surface area contributed by atoms with Gasteiger partial charge in [0.15, 0.2) is 0 Å². The highest BCUT2D eigenvalue weighted by Crippen LogP contribution is 2.27. The second kappa shape index (κ2) is 5.93. The first-order valence-corrected chi connectivity index (χ1v) is 6.08. The number of carbonyl (C=O) groups excluding carboxylic acids is 2. The monoisotopic (exact) mass is 284 g/mol. The van der Waals surface area contributed by atoms with Crippen molar-refractivity contribution in [2.24, 2.45) is 0 Å². The van der Waals surface area contributed by atoms with Gasteiger partial charge in [-0.1, -0.05) is 11.6 Å². The summed E-state index contributed by atoms with van der Waals surface area (Å²) in [5.41, 5.74) is -0.128. The molecule has 0 heterocycles. The van der Waals surface area contributed by atoms with E-state index < -0.39 is 17.4 Å². The van der Waals surface area contributed by atoms with Gasteiger partial charge in [0.05, 0.1) is 12.8 Å². The fourth-order valence-corrected chi connectivity index (χ4v) is 1.53. The van der Waals surface area contributed by atoms with Crippen LogP contribution in [0.3, 0.4) is 0 Å². The molecular formula is C13H17ClN2O3. The van der Waals surface area contributed by atoms with E-state index >= 15 is 0 Å². The van der Waals surface area contributed by atoms with E-state index in [0.29, 0.717) is 16.5 Å². The second-order valence-corrected chi connectivity index (χ2v) is 5.44. The van der Waals surface area contributed by atoms with Crippen molar-refractivity contribution in [3.8, 4) is 5.75 Å². The summed E-state index contributed by atoms with van der Waals surface area (Å²) in [5, 5.41) is 5.47. The van der Waals surface area contributed by atoms with Crippen LogP contribution in [0.15, 0.2) is 18.2 Å². The molecule has 0 radical (unpaired) electrons. The molecule has 5 nitrogen and oxygen atoms in total. The quantitative estimate of drug-likeness (QED) is 0.818. The molecule has 0 saturated heterocycles. The van der Waals surface area contributed by atoms with Gasteiger partial charge in [0.25, 0.3) is 0 Å². The van der Waals surface area contributed by atoms with E-state index in [1.54, 1.807) is 32.9 Å². The van der Waals surface area contributed by atoms with Crippen LogP contribution < -0.4 is 15.4 Å². The molecule has 0 fully saturated rings. The van der Waals surface area contributed by atoms with Crippen LogP contribution in [0.1, 0.15) is 20.8 Å². The molecule has 0 atom stereocenters. The number of methoxy groups -OCH3 is 1. The first-order valence-electron chi connectivity index (χ1n) is 5.70. The fraction of sp³-hybridized carbons (Fsp3) is 0.385. The third-order valence-corrected chi connectivity index (χ3v) is 2.34. The lowest BCUT2D eigenvalue weighted by Crippen LogP contribution is -2.46. The highest BCUT2D eigenvalue weighted by Gasteiger charge is 2.21. The van der Waals surface area contributed by atoms with E-state index in [2.05, 4.69) is 10.6 Å². The summed E-state index contributed by atoms with van der Waals surface area (Å²) >= 11 is 5.84. The molecule has 6 heteroatoms. The Morgan fingerprint density at radius 3 is 2.37 bits per heavy atom. The molecular weight excluding hydrogens is 268 g/mol. The summed E-state index contributed by atoms with van der Waals surface area (Å²) < 4.78 is 5.08. The molecule has 19 heavy (non-hydrogen) atoms. The first kappa shape index (κ1) is 15.3. The Bertz CT molecular complexity index is 495. The van der Waals surface area contributed by atoms with Gasteiger partial charge in [-0.3, -0.25) is 9.59 Å². The number of anilines is 1. The van der Waals surface area contributed by atoms with Crippen LogP contribution in [-0.4, -0.2) is 24.5 Å². The molecule has 1 aromatic carbocycles. The molecule has 0 saturated carbocycles. The average Bonchev–Trinajstić information content (AvgIpc) is 2.27. The van der Waals surface area contributed by atoms with Crippen molar-refractivity contribution in [3.05, 3.63) is 23.2 Å². The van der Waals surface area contributed by atoms with Crippen molar-refractivity contribution in [2.45, 2.75) is 26.3 Å². The molecule has 0 unspecified atom stereocenters. The van der Waals surface area contributed by atoms with E-state index in [4.69, 9.17) is 16.3 Å². The Morgan fingerprint density at radius 2 is 1.84 bits per heavy atom. The number of nitrogens with one attached hydrogen (secondary N) is 2. The van der Waals surface area contributed by atoms with Gasteiger partial charge in [-0.05, 0) is 39.0 Å². The minimum absolute atomic E-state index is 0.351. The zero-order valence-corrected chi connectivity index (χ0v) is 12.1. The highest BCUT2D eigenvalue weighted by atomic mass is 35.5. The summed E-state index contributed by atoms with van der Waals surface area (Å²) in [7, 11) is 1.47. The van der Waals surface area contributed by atoms with Crippen LogP contribution in [0.25, 0.3) is 0 Å². The molecule has 0 aliphatic heterocycles. The zero-order chi connectivity index (χ0) is 14.6. The summed E-state index contributed by atoms with van der Waals surface area (Å²) in [6.45, 7) is 5.37. The maximum absolute atomic E-state index is 11.7. The molecule has 2 N–H and O–H groups in total. The number of benzene rings is 1. The summed E-state index contributed by atoms with van der Waals surface area (Å²) in [5.74, 6) is -1.05. The lowest BCUT2D eigenvalue weighted by atomic mass is 10.1. The molecule has 0 aliphatic carbocycles. The van der Waals surface area contributed by atoms with Gasteiger partial charge in [-0.25, -0.2) is 0 Å². The molecule has 1 rings (SSSR count). The van der Waals surface area contributed by atoms with Crippen molar-refractivity contribution in [1.82, 2.24) is 5.32 Å². The summed E-state index contributed by atoms with van der Waals surface area (Å²) in [6, 6.07) is 4.76. The van der Waals surface area contributed by atoms with Gasteiger partial charge in [0.1, 0.15) is 5.75 Å². The van der Waals surface area contributed by atoms with E-state index in [9.17, 15) is 9.59 Å². The number of rotatable bonds is 2. The normalized spacial score (nSPS) is 10.8. The predicted molar refractivity (Wildman–Crippen MR) is 74.5 cm³/mol. The minimum atomic E-state index is -0.768. The molecule has 0 spiro atoms. The number of halogens is 1. The zero-order valence-electron chi connectivity index (χ0n) is 11.3. The van der Waals surface area contributed by atoms with Gasteiger partial charge in [-0.2, -0.15) is 0 Å². The van der Waals surface area contributed by atoms with E-state index in [1.165, 1.54) is 13.2 Å². The Balaban J connectivity index is 2.82. The van der Waals surface area contributed by atoms with Crippen LogP contribution in [0.5, 0.6) is 5.75 Å². The van der Waals surface area contributed by atoms with Gasteiger partial charge >= 0.3 is 11.8 Å². The lowest BCUT2D eigenvalue weighted by Gasteiger charge is -2.20. The van der Waals surface area contributed by atoms with Crippen molar-refractivity contribution in [1.29, 1.82) is 0 Å². The molecule has 104 valence electrons. The molecule has 0 aliphatic rings. The number of hydrogen-bond acceptors (Lipinski definition) is 3. The maximum atomic E-state index is 11.7. The molecule has 0 bridgehead atoms. The third-order valence-electron chi connectivity index (χ3n) is 2.10. The molecule has 1 aromatic rings. The van der Waals surface area contributed by atoms with Crippen molar-refractivity contribution in [2.75, 3.05) is 12.4 Å². The fourth-order valence-electron chi connectivity index (χ4n) is 1.35. The van der Waals surface area contributed by atoms with Crippen LogP contribution >= 0.6 is 11.6 Å². The lowest BCUT2D eigenvalue weighted by molar-refractivity contribution is -0.137. The van der Waals surface area contributed by atoms with E-state index in [-0.39, 0.29) is 0 Å². The maximum Gasteiger partial charge on any atom is 0.313 e. The standard InChI is InChI=1S/C13H17ClN2O3/c1-13(2,3)16-12(18)11(17)15-9-7-8(14)5-6-10(9)19-4/h5-7H,1-4H3,(H,15,17)(H,16,18). The third kappa shape index (κ3) is 4.79. The van der Waals surface area contributed by atoms with Gasteiger partial charge in [0.2, 0.25) is 0 Å². The SMILES string of the molecule is COc1ccc(Cl)cc1NC(=O)C(=O)NC(C)(C)C. The predicted octanol–water partition coefficient (Wildman–Crippen LogP) is 2.20. The van der Waals surface area contributed by atoms with E-state index in [1.807, 2.05) is 0 Å². The molecule has 2 amide bonds. The van der Waals surface area contributed by atoms with Gasteiger partial charge in [-0.15, -0.1) is 0 Å². The average molecular weight is 285 g/mol. The topological polar surface area (TPSA) is 67.4 Å². The highest BCUT2D eigenvalue weighted by molar-refractivity contribution is 6.40. The smallest absolute Gasteiger partial charge is 0.313 e.